The molecule has 1 N–H and O–H groups in total. The molecule has 0 spiro atoms. The highest BCUT2D eigenvalue weighted by Crippen LogP contribution is 2.36. The molecule has 1 saturated heterocycles. The highest BCUT2D eigenvalue weighted by atomic mass is 35.5. The lowest BCUT2D eigenvalue weighted by Crippen LogP contribution is -2.28. The predicted octanol–water partition coefficient (Wildman–Crippen LogP) is 6.05. The van der Waals surface area contributed by atoms with Gasteiger partial charge >= 0.3 is 0 Å². The van der Waals surface area contributed by atoms with Crippen molar-refractivity contribution in [3.63, 3.8) is 0 Å². The van der Waals surface area contributed by atoms with Crippen LogP contribution in [0.1, 0.15) is 16.7 Å². The van der Waals surface area contributed by atoms with Gasteiger partial charge in [0.15, 0.2) is 18.1 Å². The molecule has 10 heteroatoms. The van der Waals surface area contributed by atoms with E-state index in [2.05, 4.69) is 5.32 Å². The van der Waals surface area contributed by atoms with Gasteiger partial charge in [0.25, 0.3) is 17.1 Å². The van der Waals surface area contributed by atoms with Crippen LogP contribution in [0.5, 0.6) is 11.5 Å². The number of aryl methyl sites for hydroxylation is 1. The van der Waals surface area contributed by atoms with Crippen molar-refractivity contribution in [1.82, 2.24) is 4.90 Å². The molecule has 3 aromatic rings. The lowest BCUT2D eigenvalue weighted by atomic mass is 10.1. The van der Waals surface area contributed by atoms with Gasteiger partial charge in [-0.05, 0) is 66.7 Å². The third-order valence-electron chi connectivity index (χ3n) is 5.43. The van der Waals surface area contributed by atoms with E-state index in [0.29, 0.717) is 22.7 Å². The number of benzene rings is 3. The molecule has 0 unspecified atom stereocenters. The fourth-order valence-corrected chi connectivity index (χ4v) is 4.56. The molecule has 1 aliphatic heterocycles. The van der Waals surface area contributed by atoms with Gasteiger partial charge < -0.3 is 14.8 Å². The van der Waals surface area contributed by atoms with Crippen LogP contribution >= 0.6 is 23.4 Å². The van der Waals surface area contributed by atoms with Crippen molar-refractivity contribution in [2.45, 2.75) is 13.5 Å². The molecule has 190 valence electrons. The van der Waals surface area contributed by atoms with Crippen LogP contribution in [0, 0.1) is 12.7 Å². The Labute approximate surface area is 222 Å². The molecule has 0 bridgehead atoms. The molecule has 37 heavy (non-hydrogen) atoms. The van der Waals surface area contributed by atoms with E-state index in [9.17, 15) is 18.8 Å². The molecule has 0 saturated carbocycles. The molecule has 0 radical (unpaired) electrons. The molecule has 0 aromatic heterocycles. The summed E-state index contributed by atoms with van der Waals surface area (Å²) in [6, 6.07) is 16.4. The van der Waals surface area contributed by atoms with E-state index in [4.69, 9.17) is 21.1 Å². The largest absolute Gasteiger partial charge is 0.493 e. The fourth-order valence-electron chi connectivity index (χ4n) is 3.50. The average Bonchev–Trinajstić information content (AvgIpc) is 3.13. The van der Waals surface area contributed by atoms with Crippen molar-refractivity contribution < 1.29 is 28.2 Å². The van der Waals surface area contributed by atoms with E-state index in [1.807, 2.05) is 19.1 Å². The van der Waals surface area contributed by atoms with E-state index in [-0.39, 0.29) is 34.6 Å². The Kier molecular flexibility index (Phi) is 8.15. The van der Waals surface area contributed by atoms with Gasteiger partial charge in [0.05, 0.1) is 18.6 Å². The molecule has 3 amide bonds. The zero-order valence-electron chi connectivity index (χ0n) is 19.9. The van der Waals surface area contributed by atoms with Crippen molar-refractivity contribution in [3.8, 4) is 11.5 Å². The van der Waals surface area contributed by atoms with E-state index in [1.54, 1.807) is 30.3 Å². The number of carbonyl (C=O) groups excluding carboxylic acids is 3. The monoisotopic (exact) mass is 540 g/mol. The number of rotatable bonds is 8. The summed E-state index contributed by atoms with van der Waals surface area (Å²) in [5.41, 5.74) is 2.39. The van der Waals surface area contributed by atoms with Gasteiger partial charge in [-0.2, -0.15) is 0 Å². The van der Waals surface area contributed by atoms with E-state index in [1.165, 1.54) is 31.4 Å². The second-order valence-corrected chi connectivity index (χ2v) is 9.48. The number of halogens is 2. The lowest BCUT2D eigenvalue weighted by Gasteiger charge is -2.14. The number of ether oxygens (including phenoxy) is 2. The number of imide groups is 1. The average molecular weight is 541 g/mol. The maximum Gasteiger partial charge on any atom is 0.293 e. The molecule has 0 aliphatic carbocycles. The van der Waals surface area contributed by atoms with Crippen LogP contribution in [0.4, 0.5) is 14.9 Å². The summed E-state index contributed by atoms with van der Waals surface area (Å²) in [6.45, 7) is 1.45. The molecule has 1 heterocycles. The highest BCUT2D eigenvalue weighted by Gasteiger charge is 2.36. The van der Waals surface area contributed by atoms with Crippen molar-refractivity contribution >= 4 is 52.2 Å². The number of carbonyl (C=O) groups is 3. The first-order valence-electron chi connectivity index (χ1n) is 11.1. The van der Waals surface area contributed by atoms with E-state index in [0.717, 1.165) is 22.2 Å². The Balaban J connectivity index is 1.43. The number of nitrogens with zero attached hydrogens (tertiary/aromatic N) is 1. The molecule has 1 aliphatic rings. The minimum Gasteiger partial charge on any atom is -0.493 e. The first-order chi connectivity index (χ1) is 17.7. The van der Waals surface area contributed by atoms with Crippen LogP contribution in [-0.2, 0) is 16.1 Å². The number of methoxy groups -OCH3 is 1. The summed E-state index contributed by atoms with van der Waals surface area (Å²) in [5.74, 6) is -0.807. The number of anilines is 1. The number of hydrogen-bond donors (Lipinski definition) is 1. The maximum absolute atomic E-state index is 14.2. The molecule has 7 nitrogen and oxygen atoms in total. The van der Waals surface area contributed by atoms with Gasteiger partial charge in [0.2, 0.25) is 0 Å². The smallest absolute Gasteiger partial charge is 0.293 e. The standard InChI is InChI=1S/C27H22ClFN2O5S/c1-16-6-9-18(10-7-16)30-25(32)15-36-22-11-8-17(12-23(22)35-2)13-24-26(33)31(27(34)37-24)14-19-20(28)4-3-5-21(19)29/h3-13H,14-15H2,1-2H3,(H,30,32)/b24-13-. The Morgan fingerprint density at radius 1 is 1.11 bits per heavy atom. The highest BCUT2D eigenvalue weighted by molar-refractivity contribution is 8.18. The normalized spacial score (nSPS) is 14.3. The molecule has 0 atom stereocenters. The summed E-state index contributed by atoms with van der Waals surface area (Å²) in [5, 5.41) is 2.36. The summed E-state index contributed by atoms with van der Waals surface area (Å²) in [4.78, 5) is 38.7. The first kappa shape index (κ1) is 26.2. The lowest BCUT2D eigenvalue weighted by molar-refractivity contribution is -0.123. The van der Waals surface area contributed by atoms with Crippen LogP contribution < -0.4 is 14.8 Å². The third-order valence-corrected chi connectivity index (χ3v) is 6.69. The van der Waals surface area contributed by atoms with Crippen molar-refractivity contribution in [1.29, 1.82) is 0 Å². The van der Waals surface area contributed by atoms with Crippen molar-refractivity contribution in [3.05, 3.63) is 93.1 Å². The Bertz CT molecular complexity index is 1370. The molecule has 1 fully saturated rings. The van der Waals surface area contributed by atoms with Gasteiger partial charge in [0, 0.05) is 16.3 Å². The maximum atomic E-state index is 14.2. The van der Waals surface area contributed by atoms with Crippen LogP contribution in [0.15, 0.2) is 65.6 Å². The summed E-state index contributed by atoms with van der Waals surface area (Å²) >= 11 is 6.80. The van der Waals surface area contributed by atoms with Crippen molar-refractivity contribution in [2.24, 2.45) is 0 Å². The van der Waals surface area contributed by atoms with Crippen LogP contribution in [-0.4, -0.2) is 35.7 Å². The Morgan fingerprint density at radius 2 is 1.86 bits per heavy atom. The number of hydrogen-bond acceptors (Lipinski definition) is 6. The molecular formula is C27H22ClFN2O5S. The zero-order valence-corrected chi connectivity index (χ0v) is 21.5. The summed E-state index contributed by atoms with van der Waals surface area (Å²) in [7, 11) is 1.45. The number of nitrogens with one attached hydrogen (secondary N) is 1. The van der Waals surface area contributed by atoms with Gasteiger partial charge in [-0.25, -0.2) is 4.39 Å². The number of amides is 3. The summed E-state index contributed by atoms with van der Waals surface area (Å²) < 4.78 is 25.1. The minimum atomic E-state index is -0.594. The van der Waals surface area contributed by atoms with Gasteiger partial charge in [0.1, 0.15) is 5.82 Å². The molecular weight excluding hydrogens is 519 g/mol. The minimum absolute atomic E-state index is 0.0716. The third kappa shape index (κ3) is 6.31. The van der Waals surface area contributed by atoms with Crippen LogP contribution in [0.25, 0.3) is 6.08 Å². The summed E-state index contributed by atoms with van der Waals surface area (Å²) in [6.07, 6.45) is 1.53. The molecule has 3 aromatic carbocycles. The molecule has 4 rings (SSSR count). The zero-order chi connectivity index (χ0) is 26.5. The van der Waals surface area contributed by atoms with Crippen molar-refractivity contribution in [2.75, 3.05) is 19.0 Å². The van der Waals surface area contributed by atoms with Gasteiger partial charge in [-0.1, -0.05) is 41.4 Å². The van der Waals surface area contributed by atoms with Gasteiger partial charge in [-0.15, -0.1) is 0 Å². The van der Waals surface area contributed by atoms with E-state index < -0.39 is 17.0 Å². The topological polar surface area (TPSA) is 84.9 Å². The van der Waals surface area contributed by atoms with Crippen LogP contribution in [0.2, 0.25) is 5.02 Å². The van der Waals surface area contributed by atoms with Crippen LogP contribution in [0.3, 0.4) is 0 Å². The van der Waals surface area contributed by atoms with Gasteiger partial charge in [-0.3, -0.25) is 19.3 Å². The Hall–Kier alpha value is -3.82. The second kappa shape index (κ2) is 11.5. The fraction of sp³-hybridized carbons (Fsp3) is 0.148. The SMILES string of the molecule is COc1cc(/C=C2\SC(=O)N(Cc3c(F)cccc3Cl)C2=O)ccc1OCC(=O)Nc1ccc(C)cc1. The second-order valence-electron chi connectivity index (χ2n) is 8.08. The van der Waals surface area contributed by atoms with E-state index >= 15 is 0 Å². The predicted molar refractivity (Wildman–Crippen MR) is 141 cm³/mol. The first-order valence-corrected chi connectivity index (χ1v) is 12.3. The number of thioether (sulfide) groups is 1. The quantitative estimate of drug-likeness (QED) is 0.350. The Morgan fingerprint density at radius 3 is 2.57 bits per heavy atom.